The Morgan fingerprint density at radius 3 is 2.47 bits per heavy atom. The largest absolute Gasteiger partial charge is 0.493 e. The van der Waals surface area contributed by atoms with Crippen LogP contribution in [0.25, 0.3) is 0 Å². The zero-order valence-corrected chi connectivity index (χ0v) is 17.8. The van der Waals surface area contributed by atoms with Crippen molar-refractivity contribution in [3.8, 4) is 5.75 Å². The van der Waals surface area contributed by atoms with Gasteiger partial charge >= 0.3 is 5.97 Å². The fourth-order valence-corrected chi connectivity index (χ4v) is 3.13. The molecule has 3 rings (SSSR count). The fourth-order valence-electron chi connectivity index (χ4n) is 3.13. The second-order valence-electron chi connectivity index (χ2n) is 7.68. The third-order valence-corrected chi connectivity index (χ3v) is 4.78. The van der Waals surface area contributed by atoms with Crippen LogP contribution in [0.15, 0.2) is 53.1 Å². The standard InChI is InChI=1S/C24H27NO5/c1-16(2)14-29-20-9-7-19(8-10-20)24(27)30-15-23(26)22-12-17(3)25(18(22)4)13-21-6-5-11-28-21/h5-12,16H,13-15H2,1-4H3. The minimum absolute atomic E-state index is 0.237. The van der Waals surface area contributed by atoms with Gasteiger partial charge in [0.1, 0.15) is 11.5 Å². The average Bonchev–Trinajstić information content (AvgIpc) is 3.34. The lowest BCUT2D eigenvalue weighted by atomic mass is 10.1. The summed E-state index contributed by atoms with van der Waals surface area (Å²) in [5.41, 5.74) is 2.68. The number of ketones is 1. The first-order valence-corrected chi connectivity index (χ1v) is 9.97. The molecule has 1 aromatic carbocycles. The molecule has 0 saturated carbocycles. The third-order valence-electron chi connectivity index (χ3n) is 4.78. The van der Waals surface area contributed by atoms with Crippen LogP contribution in [-0.4, -0.2) is 29.5 Å². The van der Waals surface area contributed by atoms with Crippen molar-refractivity contribution in [2.75, 3.05) is 13.2 Å². The molecule has 0 aliphatic heterocycles. The number of Topliss-reactive ketones (excluding diaryl/α,β-unsaturated/α-hetero) is 1. The van der Waals surface area contributed by atoms with Gasteiger partial charge in [0, 0.05) is 17.0 Å². The van der Waals surface area contributed by atoms with Gasteiger partial charge in [-0.1, -0.05) is 13.8 Å². The molecule has 2 aromatic heterocycles. The van der Waals surface area contributed by atoms with Gasteiger partial charge in [0.15, 0.2) is 6.61 Å². The van der Waals surface area contributed by atoms with E-state index >= 15 is 0 Å². The number of benzene rings is 1. The van der Waals surface area contributed by atoms with Gasteiger partial charge in [0.2, 0.25) is 5.78 Å². The molecule has 0 fully saturated rings. The Kier molecular flexibility index (Phi) is 6.77. The predicted octanol–water partition coefficient (Wildman–Crippen LogP) is 4.82. The molecule has 0 aliphatic carbocycles. The molecule has 0 radical (unpaired) electrons. The highest BCUT2D eigenvalue weighted by molar-refractivity contribution is 6.00. The summed E-state index contributed by atoms with van der Waals surface area (Å²) in [6.45, 7) is 8.78. The van der Waals surface area contributed by atoms with Crippen LogP contribution in [0.5, 0.6) is 5.75 Å². The molecule has 0 bridgehead atoms. The quantitative estimate of drug-likeness (QED) is 0.374. The Morgan fingerprint density at radius 2 is 1.83 bits per heavy atom. The molecular weight excluding hydrogens is 382 g/mol. The lowest BCUT2D eigenvalue weighted by Gasteiger charge is -2.09. The molecular formula is C24H27NO5. The zero-order chi connectivity index (χ0) is 21.7. The molecule has 158 valence electrons. The smallest absolute Gasteiger partial charge is 0.338 e. The van der Waals surface area contributed by atoms with Crippen LogP contribution in [0, 0.1) is 19.8 Å². The summed E-state index contributed by atoms with van der Waals surface area (Å²) in [7, 11) is 0. The first-order chi connectivity index (χ1) is 14.3. The molecule has 0 amide bonds. The molecule has 0 N–H and O–H groups in total. The number of carbonyl (C=O) groups excluding carboxylic acids is 2. The number of hydrogen-bond donors (Lipinski definition) is 0. The SMILES string of the molecule is Cc1cc(C(=O)COC(=O)c2ccc(OCC(C)C)cc2)c(C)n1Cc1ccco1. The van der Waals surface area contributed by atoms with Crippen molar-refractivity contribution in [2.45, 2.75) is 34.2 Å². The van der Waals surface area contributed by atoms with Crippen molar-refractivity contribution >= 4 is 11.8 Å². The topological polar surface area (TPSA) is 70.7 Å². The van der Waals surface area contributed by atoms with Gasteiger partial charge in [0.05, 0.1) is 25.0 Å². The van der Waals surface area contributed by atoms with Crippen LogP contribution < -0.4 is 4.74 Å². The van der Waals surface area contributed by atoms with Crippen LogP contribution in [-0.2, 0) is 11.3 Å². The Labute approximate surface area is 176 Å². The van der Waals surface area contributed by atoms with Crippen LogP contribution in [0.2, 0.25) is 0 Å². The Hall–Kier alpha value is -3.28. The van der Waals surface area contributed by atoms with Gasteiger partial charge in [-0.25, -0.2) is 4.79 Å². The van der Waals surface area contributed by atoms with E-state index < -0.39 is 5.97 Å². The first-order valence-electron chi connectivity index (χ1n) is 9.97. The highest BCUT2D eigenvalue weighted by Gasteiger charge is 2.18. The number of furan rings is 1. The number of esters is 1. The maximum absolute atomic E-state index is 12.6. The summed E-state index contributed by atoms with van der Waals surface area (Å²) in [6, 6.07) is 12.3. The van der Waals surface area contributed by atoms with Gasteiger partial charge in [-0.05, 0) is 62.2 Å². The van der Waals surface area contributed by atoms with Gasteiger partial charge in [0.25, 0.3) is 0 Å². The van der Waals surface area contributed by atoms with Crippen molar-refractivity contribution in [3.63, 3.8) is 0 Å². The second-order valence-corrected chi connectivity index (χ2v) is 7.68. The van der Waals surface area contributed by atoms with E-state index in [-0.39, 0.29) is 12.4 Å². The third kappa shape index (κ3) is 5.20. The molecule has 3 aromatic rings. The van der Waals surface area contributed by atoms with Gasteiger partial charge in [-0.2, -0.15) is 0 Å². The second kappa shape index (κ2) is 9.48. The summed E-state index contributed by atoms with van der Waals surface area (Å²) in [4.78, 5) is 24.9. The summed E-state index contributed by atoms with van der Waals surface area (Å²) in [5, 5.41) is 0. The molecule has 0 aliphatic rings. The summed E-state index contributed by atoms with van der Waals surface area (Å²) < 4.78 is 18.2. The van der Waals surface area contributed by atoms with E-state index in [2.05, 4.69) is 13.8 Å². The van der Waals surface area contributed by atoms with E-state index in [4.69, 9.17) is 13.9 Å². The van der Waals surface area contributed by atoms with E-state index in [9.17, 15) is 9.59 Å². The van der Waals surface area contributed by atoms with Crippen molar-refractivity contribution in [3.05, 3.63) is 77.0 Å². The van der Waals surface area contributed by atoms with E-state index in [0.29, 0.717) is 35.9 Å². The summed E-state index contributed by atoms with van der Waals surface area (Å²) in [5.74, 6) is 1.15. The predicted molar refractivity (Wildman–Crippen MR) is 113 cm³/mol. The van der Waals surface area contributed by atoms with Gasteiger partial charge in [-0.15, -0.1) is 0 Å². The molecule has 6 nitrogen and oxygen atoms in total. The van der Waals surface area contributed by atoms with E-state index in [1.54, 1.807) is 30.5 Å². The molecule has 0 spiro atoms. The maximum Gasteiger partial charge on any atom is 0.338 e. The van der Waals surface area contributed by atoms with Gasteiger partial charge < -0.3 is 18.5 Å². The average molecular weight is 409 g/mol. The molecule has 30 heavy (non-hydrogen) atoms. The fraction of sp³-hybridized carbons (Fsp3) is 0.333. The molecule has 0 unspecified atom stereocenters. The van der Waals surface area contributed by atoms with E-state index in [1.165, 1.54) is 0 Å². The molecule has 0 atom stereocenters. The van der Waals surface area contributed by atoms with E-state index in [0.717, 1.165) is 17.1 Å². The Bertz CT molecular complexity index is 997. The lowest BCUT2D eigenvalue weighted by molar-refractivity contribution is 0.0474. The van der Waals surface area contributed by atoms with Crippen molar-refractivity contribution in [1.82, 2.24) is 4.57 Å². The lowest BCUT2D eigenvalue weighted by Crippen LogP contribution is -2.15. The first kappa shape index (κ1) is 21.4. The number of nitrogens with zero attached hydrogens (tertiary/aromatic N) is 1. The van der Waals surface area contributed by atoms with Crippen molar-refractivity contribution in [1.29, 1.82) is 0 Å². The normalized spacial score (nSPS) is 11.0. The number of aromatic nitrogens is 1. The molecule has 2 heterocycles. The van der Waals surface area contributed by atoms with Gasteiger partial charge in [-0.3, -0.25) is 4.79 Å². The van der Waals surface area contributed by atoms with Crippen LogP contribution in [0.4, 0.5) is 0 Å². The maximum atomic E-state index is 12.6. The van der Waals surface area contributed by atoms with Crippen LogP contribution in [0.1, 0.15) is 51.7 Å². The zero-order valence-electron chi connectivity index (χ0n) is 17.8. The number of hydrogen-bond acceptors (Lipinski definition) is 5. The number of ether oxygens (including phenoxy) is 2. The number of aryl methyl sites for hydroxylation is 1. The highest BCUT2D eigenvalue weighted by atomic mass is 16.5. The Morgan fingerprint density at radius 1 is 1.10 bits per heavy atom. The monoisotopic (exact) mass is 409 g/mol. The van der Waals surface area contributed by atoms with Crippen LogP contribution >= 0.6 is 0 Å². The van der Waals surface area contributed by atoms with Crippen molar-refractivity contribution in [2.24, 2.45) is 5.92 Å². The highest BCUT2D eigenvalue weighted by Crippen LogP contribution is 2.19. The number of carbonyl (C=O) groups is 2. The Balaban J connectivity index is 1.59. The summed E-state index contributed by atoms with van der Waals surface area (Å²) in [6.07, 6.45) is 1.62. The molecule has 6 heteroatoms. The summed E-state index contributed by atoms with van der Waals surface area (Å²) >= 11 is 0. The number of rotatable bonds is 9. The molecule has 0 saturated heterocycles. The van der Waals surface area contributed by atoms with Crippen molar-refractivity contribution < 1.29 is 23.5 Å². The van der Waals surface area contributed by atoms with E-state index in [1.807, 2.05) is 36.6 Å². The van der Waals surface area contributed by atoms with Crippen LogP contribution in [0.3, 0.4) is 0 Å². The minimum Gasteiger partial charge on any atom is -0.493 e. The minimum atomic E-state index is -0.539.